The summed E-state index contributed by atoms with van der Waals surface area (Å²) in [5.41, 5.74) is 3.72. The van der Waals surface area contributed by atoms with Crippen molar-refractivity contribution in [2.75, 3.05) is 10.6 Å². The van der Waals surface area contributed by atoms with E-state index in [9.17, 15) is 9.59 Å². The number of hydrogen-bond acceptors (Lipinski definition) is 4. The number of nitrogens with one attached hydrogen (secondary N) is 2. The number of aryl methyl sites for hydroxylation is 1. The molecule has 0 aliphatic rings. The summed E-state index contributed by atoms with van der Waals surface area (Å²) in [4.78, 5) is 30.2. The first-order chi connectivity index (χ1) is 15.7. The maximum Gasteiger partial charge on any atom is 0.272 e. The smallest absolute Gasteiger partial charge is 0.272 e. The molecule has 6 nitrogen and oxygen atoms in total. The highest BCUT2D eigenvalue weighted by molar-refractivity contribution is 7.09. The van der Waals surface area contributed by atoms with Crippen molar-refractivity contribution >= 4 is 45.4 Å². The summed E-state index contributed by atoms with van der Waals surface area (Å²) in [6.45, 7) is 8.56. The lowest BCUT2D eigenvalue weighted by Gasteiger charge is -2.17. The van der Waals surface area contributed by atoms with Crippen LogP contribution in [0, 0.1) is 12.3 Å². The topological polar surface area (TPSA) is 76.0 Å². The van der Waals surface area contributed by atoms with Crippen LogP contribution in [0.2, 0.25) is 0 Å². The zero-order valence-corrected chi connectivity index (χ0v) is 20.1. The van der Waals surface area contributed by atoms with Gasteiger partial charge in [0, 0.05) is 34.1 Å². The zero-order valence-electron chi connectivity index (χ0n) is 19.3. The van der Waals surface area contributed by atoms with E-state index in [0.29, 0.717) is 24.3 Å². The number of carbonyl (C=O) groups excluding carboxylic acids is 2. The molecule has 2 N–H and O–H groups in total. The Morgan fingerprint density at radius 2 is 1.76 bits per heavy atom. The average Bonchev–Trinajstić information content (AvgIpc) is 3.30. The van der Waals surface area contributed by atoms with Gasteiger partial charge in [0.25, 0.3) is 5.91 Å². The van der Waals surface area contributed by atoms with Gasteiger partial charge in [0.2, 0.25) is 5.91 Å². The van der Waals surface area contributed by atoms with Gasteiger partial charge in [-0.1, -0.05) is 39.0 Å². The number of hydrogen-bond donors (Lipinski definition) is 2. The maximum absolute atomic E-state index is 13.2. The molecule has 4 rings (SSSR count). The van der Waals surface area contributed by atoms with E-state index >= 15 is 0 Å². The summed E-state index contributed by atoms with van der Waals surface area (Å²) in [6.07, 6.45) is 0.431. The minimum Gasteiger partial charge on any atom is -0.330 e. The van der Waals surface area contributed by atoms with Gasteiger partial charge in [0.05, 0.1) is 17.2 Å². The molecule has 0 spiro atoms. The van der Waals surface area contributed by atoms with Gasteiger partial charge in [-0.05, 0) is 48.7 Å². The Hall–Kier alpha value is -3.45. The van der Waals surface area contributed by atoms with Crippen molar-refractivity contribution in [3.63, 3.8) is 0 Å². The molecule has 0 atom stereocenters. The molecule has 2 amide bonds. The molecule has 33 heavy (non-hydrogen) atoms. The van der Waals surface area contributed by atoms with Crippen LogP contribution < -0.4 is 10.6 Å². The molecule has 2 aromatic carbocycles. The van der Waals surface area contributed by atoms with E-state index in [1.54, 1.807) is 11.3 Å². The van der Waals surface area contributed by atoms with Gasteiger partial charge in [-0.15, -0.1) is 11.3 Å². The summed E-state index contributed by atoms with van der Waals surface area (Å²) in [5, 5.41) is 9.84. The molecule has 2 heterocycles. The zero-order chi connectivity index (χ0) is 23.6. The number of amides is 2. The van der Waals surface area contributed by atoms with Crippen molar-refractivity contribution in [1.82, 2.24) is 9.55 Å². The number of fused-ring (bicyclic) bond motifs is 1. The van der Waals surface area contributed by atoms with Gasteiger partial charge in [-0.25, -0.2) is 4.98 Å². The van der Waals surface area contributed by atoms with Crippen LogP contribution in [0.25, 0.3) is 10.9 Å². The van der Waals surface area contributed by atoms with Gasteiger partial charge in [-0.2, -0.15) is 0 Å². The van der Waals surface area contributed by atoms with Crippen LogP contribution in [0.1, 0.15) is 48.4 Å². The minimum atomic E-state index is -0.192. The number of nitrogens with zero attached hydrogens (tertiary/aromatic N) is 2. The van der Waals surface area contributed by atoms with E-state index in [1.165, 1.54) is 0 Å². The van der Waals surface area contributed by atoms with Crippen LogP contribution in [0.15, 0.2) is 60.0 Å². The standard InChI is InChI=1S/C26H28N4O2S/c1-17-27-21(16-33-17)15-30-22-11-10-20(28-24(31)14-26(2,3)4)12-18(22)13-23(30)25(32)29-19-8-6-5-7-9-19/h5-13,16H,14-15H2,1-4H3,(H,28,31)(H,29,32). The minimum absolute atomic E-state index is 0.0266. The molecular formula is C26H28N4O2S. The summed E-state index contributed by atoms with van der Waals surface area (Å²) in [6, 6.07) is 17.0. The van der Waals surface area contributed by atoms with Crippen molar-refractivity contribution in [3.8, 4) is 0 Å². The van der Waals surface area contributed by atoms with Crippen LogP contribution >= 0.6 is 11.3 Å². The fourth-order valence-electron chi connectivity index (χ4n) is 3.75. The number of carbonyl (C=O) groups is 2. The Bertz CT molecular complexity index is 1300. The maximum atomic E-state index is 13.2. The van der Waals surface area contributed by atoms with E-state index in [-0.39, 0.29) is 17.2 Å². The predicted molar refractivity (Wildman–Crippen MR) is 135 cm³/mol. The summed E-state index contributed by atoms with van der Waals surface area (Å²) >= 11 is 1.59. The molecule has 0 aliphatic carbocycles. The van der Waals surface area contributed by atoms with Gasteiger partial charge in [0.1, 0.15) is 5.69 Å². The monoisotopic (exact) mass is 460 g/mol. The van der Waals surface area contributed by atoms with Gasteiger partial charge >= 0.3 is 0 Å². The molecule has 170 valence electrons. The van der Waals surface area contributed by atoms with E-state index in [2.05, 4.69) is 15.6 Å². The Morgan fingerprint density at radius 3 is 2.42 bits per heavy atom. The Morgan fingerprint density at radius 1 is 1.00 bits per heavy atom. The molecule has 0 bridgehead atoms. The second kappa shape index (κ2) is 9.19. The molecule has 0 aliphatic heterocycles. The highest BCUT2D eigenvalue weighted by Gasteiger charge is 2.19. The first kappa shape index (κ1) is 22.7. The number of thiazole rings is 1. The van der Waals surface area contributed by atoms with E-state index < -0.39 is 0 Å². The van der Waals surface area contributed by atoms with Crippen LogP contribution in [0.5, 0.6) is 0 Å². The summed E-state index contributed by atoms with van der Waals surface area (Å²) in [7, 11) is 0. The highest BCUT2D eigenvalue weighted by Crippen LogP contribution is 2.27. The highest BCUT2D eigenvalue weighted by atomic mass is 32.1. The normalized spacial score (nSPS) is 11.5. The van der Waals surface area contributed by atoms with Crippen LogP contribution in [-0.2, 0) is 11.3 Å². The lowest BCUT2D eigenvalue weighted by atomic mass is 9.92. The number of benzene rings is 2. The SMILES string of the molecule is Cc1nc(Cn2c(C(=O)Nc3ccccc3)cc3cc(NC(=O)CC(C)(C)C)ccc32)cs1. The third-order valence-electron chi connectivity index (χ3n) is 5.13. The number of para-hydroxylation sites is 1. The van der Waals surface area contributed by atoms with E-state index in [0.717, 1.165) is 27.3 Å². The number of rotatable bonds is 6. The van der Waals surface area contributed by atoms with Crippen molar-refractivity contribution in [2.24, 2.45) is 5.41 Å². The van der Waals surface area contributed by atoms with Crippen LogP contribution in [-0.4, -0.2) is 21.4 Å². The van der Waals surface area contributed by atoms with E-state index in [4.69, 9.17) is 0 Å². The fourth-order valence-corrected chi connectivity index (χ4v) is 4.36. The van der Waals surface area contributed by atoms with Crippen molar-refractivity contribution < 1.29 is 9.59 Å². The van der Waals surface area contributed by atoms with Crippen molar-refractivity contribution in [2.45, 2.75) is 40.7 Å². The molecular weight excluding hydrogens is 432 g/mol. The van der Waals surface area contributed by atoms with Crippen molar-refractivity contribution in [3.05, 3.63) is 76.4 Å². The largest absolute Gasteiger partial charge is 0.330 e. The first-order valence-electron chi connectivity index (χ1n) is 10.9. The van der Waals surface area contributed by atoms with Gasteiger partial charge in [-0.3, -0.25) is 9.59 Å². The molecule has 4 aromatic rings. The molecule has 2 aromatic heterocycles. The third kappa shape index (κ3) is 5.68. The quantitative estimate of drug-likeness (QED) is 0.366. The lowest BCUT2D eigenvalue weighted by molar-refractivity contribution is -0.117. The Balaban J connectivity index is 1.68. The third-order valence-corrected chi connectivity index (χ3v) is 5.95. The molecule has 0 saturated carbocycles. The lowest BCUT2D eigenvalue weighted by Crippen LogP contribution is -2.19. The second-order valence-electron chi connectivity index (χ2n) is 9.35. The van der Waals surface area contributed by atoms with E-state index in [1.807, 2.05) is 92.2 Å². The van der Waals surface area contributed by atoms with Crippen LogP contribution in [0.3, 0.4) is 0 Å². The fraction of sp³-hybridized carbons (Fsp3) is 0.269. The Labute approximate surface area is 197 Å². The Kier molecular flexibility index (Phi) is 6.33. The summed E-state index contributed by atoms with van der Waals surface area (Å²) in [5.74, 6) is -0.219. The second-order valence-corrected chi connectivity index (χ2v) is 10.4. The van der Waals surface area contributed by atoms with Gasteiger partial charge in [0.15, 0.2) is 0 Å². The summed E-state index contributed by atoms with van der Waals surface area (Å²) < 4.78 is 1.98. The van der Waals surface area contributed by atoms with Gasteiger partial charge < -0.3 is 15.2 Å². The molecule has 0 radical (unpaired) electrons. The molecule has 0 saturated heterocycles. The average molecular weight is 461 g/mol. The first-order valence-corrected chi connectivity index (χ1v) is 11.8. The predicted octanol–water partition coefficient (Wildman–Crippen LogP) is 6.08. The molecule has 7 heteroatoms. The van der Waals surface area contributed by atoms with Crippen molar-refractivity contribution in [1.29, 1.82) is 0 Å². The molecule has 0 unspecified atom stereocenters. The number of aromatic nitrogens is 2. The van der Waals surface area contributed by atoms with Crippen LogP contribution in [0.4, 0.5) is 11.4 Å². The molecule has 0 fully saturated rings. The number of anilines is 2.